The van der Waals surface area contributed by atoms with Gasteiger partial charge in [0.25, 0.3) is 11.8 Å². The topological polar surface area (TPSA) is 117 Å². The van der Waals surface area contributed by atoms with Crippen LogP contribution >= 0.6 is 22.9 Å². The molecule has 2 aliphatic rings. The molecule has 12 heteroatoms. The number of hydrogen-bond donors (Lipinski definition) is 2. The van der Waals surface area contributed by atoms with Crippen molar-refractivity contribution in [2.75, 3.05) is 49.2 Å². The number of amides is 3. The van der Waals surface area contributed by atoms with E-state index in [-0.39, 0.29) is 29.0 Å². The zero-order valence-corrected chi connectivity index (χ0v) is 26.8. The highest BCUT2D eigenvalue weighted by Crippen LogP contribution is 2.35. The van der Waals surface area contributed by atoms with Gasteiger partial charge in [-0.05, 0) is 84.8 Å². The van der Waals surface area contributed by atoms with Crippen molar-refractivity contribution in [2.45, 2.75) is 39.2 Å². The number of fused-ring (bicyclic) bond motifs is 2. The molecule has 6 rings (SSSR count). The monoisotopic (exact) mass is 646 g/mol. The van der Waals surface area contributed by atoms with Gasteiger partial charge in [-0.1, -0.05) is 18.2 Å². The lowest BCUT2D eigenvalue weighted by atomic mass is 9.93. The van der Waals surface area contributed by atoms with Crippen LogP contribution in [0.3, 0.4) is 0 Å². The maximum atomic E-state index is 12.9. The molecule has 0 radical (unpaired) electrons. The molecule has 3 amide bonds. The number of morpholine rings is 1. The maximum Gasteiger partial charge on any atom is 0.261 e. The predicted octanol–water partition coefficient (Wildman–Crippen LogP) is 5.09. The number of thiophene rings is 1. The maximum absolute atomic E-state index is 12.9. The van der Waals surface area contributed by atoms with Crippen LogP contribution in [0, 0.1) is 0 Å². The molecule has 1 saturated heterocycles. The van der Waals surface area contributed by atoms with Crippen LogP contribution in [-0.4, -0.2) is 73.1 Å². The van der Waals surface area contributed by atoms with Gasteiger partial charge < -0.3 is 25.2 Å². The van der Waals surface area contributed by atoms with Crippen molar-refractivity contribution < 1.29 is 19.1 Å². The predicted molar refractivity (Wildman–Crippen MR) is 178 cm³/mol. The summed E-state index contributed by atoms with van der Waals surface area (Å²) in [6.07, 6.45) is 2.44. The van der Waals surface area contributed by atoms with Crippen LogP contribution in [0.2, 0.25) is 5.28 Å². The Labute approximate surface area is 270 Å². The number of benzene rings is 2. The number of hydrogen-bond acceptors (Lipinski definition) is 8. The average Bonchev–Trinajstić information content (AvgIpc) is 3.48. The van der Waals surface area contributed by atoms with Gasteiger partial charge in [0.15, 0.2) is 5.82 Å². The van der Waals surface area contributed by atoms with Crippen molar-refractivity contribution in [3.63, 3.8) is 0 Å². The minimum atomic E-state index is -0.199. The smallest absolute Gasteiger partial charge is 0.261 e. The van der Waals surface area contributed by atoms with E-state index in [9.17, 15) is 14.4 Å². The van der Waals surface area contributed by atoms with E-state index in [0.717, 1.165) is 45.7 Å². The summed E-state index contributed by atoms with van der Waals surface area (Å²) in [6, 6.07) is 15.6. The molecule has 2 aromatic heterocycles. The van der Waals surface area contributed by atoms with E-state index in [2.05, 4.69) is 38.5 Å². The lowest BCUT2D eigenvalue weighted by molar-refractivity contribution is -0.117. The highest BCUT2D eigenvalue weighted by Gasteiger charge is 2.26. The summed E-state index contributed by atoms with van der Waals surface area (Å²) in [5.41, 5.74) is 5.43. The molecular formula is C33H35ClN6O4S. The Kier molecular flexibility index (Phi) is 9.29. The number of rotatable bonds is 8. The summed E-state index contributed by atoms with van der Waals surface area (Å²) >= 11 is 7.52. The van der Waals surface area contributed by atoms with Crippen molar-refractivity contribution in [1.82, 2.24) is 20.6 Å². The van der Waals surface area contributed by atoms with Gasteiger partial charge in [0, 0.05) is 50.4 Å². The van der Waals surface area contributed by atoms with E-state index in [0.29, 0.717) is 61.8 Å². The number of nitrogens with one attached hydrogen (secondary N) is 2. The highest BCUT2D eigenvalue weighted by molar-refractivity contribution is 7.21. The number of aromatic nitrogens is 2. The first-order chi connectivity index (χ1) is 21.8. The van der Waals surface area contributed by atoms with E-state index < -0.39 is 0 Å². The first kappa shape index (κ1) is 30.9. The molecule has 0 aliphatic carbocycles. The van der Waals surface area contributed by atoms with Crippen molar-refractivity contribution in [1.29, 1.82) is 0 Å². The van der Waals surface area contributed by atoms with E-state index in [1.165, 1.54) is 11.3 Å². The van der Waals surface area contributed by atoms with Crippen LogP contribution in [0.15, 0.2) is 48.5 Å². The second-order valence-corrected chi connectivity index (χ2v) is 12.7. The molecule has 2 aromatic carbocycles. The molecule has 4 heterocycles. The molecule has 0 spiro atoms. The van der Waals surface area contributed by atoms with Crippen molar-refractivity contribution in [3.8, 4) is 11.1 Å². The Balaban J connectivity index is 0.997. The molecule has 2 aliphatic heterocycles. The number of anilines is 2. The molecule has 234 valence electrons. The van der Waals surface area contributed by atoms with Crippen molar-refractivity contribution in [2.24, 2.45) is 0 Å². The van der Waals surface area contributed by atoms with Crippen LogP contribution in [0.4, 0.5) is 11.5 Å². The van der Waals surface area contributed by atoms with E-state index >= 15 is 0 Å². The summed E-state index contributed by atoms with van der Waals surface area (Å²) in [4.78, 5) is 51.1. The van der Waals surface area contributed by atoms with E-state index in [4.69, 9.17) is 16.3 Å². The second kappa shape index (κ2) is 13.5. The standard InChI is InChI=1S/C33H35ClN6O4S/c1-20-4-5-25-18-24(10-11-27(25)40(20)21(2)41)22-6-8-23(9-7-22)31(42)35-12-3-13-36-32(43)28-19-26-29(45-28)30(38-33(34)37-26)39-14-16-44-17-15-39/h6-11,18-20H,3-5,12-17H2,1-2H3,(H,35,42)(H,36,43)/t20-/m0/s1. The minimum absolute atomic E-state index is 0.0596. The Morgan fingerprint density at radius 3 is 2.42 bits per heavy atom. The summed E-state index contributed by atoms with van der Waals surface area (Å²) in [5.74, 6) is 0.422. The zero-order chi connectivity index (χ0) is 31.5. The molecule has 0 bridgehead atoms. The first-order valence-corrected chi connectivity index (χ1v) is 16.4. The van der Waals surface area contributed by atoms with Gasteiger partial charge in [-0.25, -0.2) is 4.98 Å². The van der Waals surface area contributed by atoms with Crippen LogP contribution in [0.5, 0.6) is 0 Å². The number of aryl methyl sites for hydroxylation is 1. The number of nitrogens with zero attached hydrogens (tertiary/aromatic N) is 4. The zero-order valence-electron chi connectivity index (χ0n) is 25.3. The molecule has 0 saturated carbocycles. The fraction of sp³-hybridized carbons (Fsp3) is 0.364. The van der Waals surface area contributed by atoms with Crippen LogP contribution in [0.1, 0.15) is 52.3 Å². The number of carbonyl (C=O) groups excluding carboxylic acids is 3. The molecule has 10 nitrogen and oxygen atoms in total. The SMILES string of the molecule is CC(=O)N1c2ccc(-c3ccc(C(=O)NCCCNC(=O)c4cc5nc(Cl)nc(N6CCOCC6)c5s4)cc3)cc2CC[C@@H]1C. The molecule has 1 fully saturated rings. The summed E-state index contributed by atoms with van der Waals surface area (Å²) in [7, 11) is 0. The minimum Gasteiger partial charge on any atom is -0.378 e. The van der Waals surface area contributed by atoms with Gasteiger partial charge in [-0.15, -0.1) is 11.3 Å². The van der Waals surface area contributed by atoms with Gasteiger partial charge in [0.2, 0.25) is 11.2 Å². The molecule has 4 aromatic rings. The van der Waals surface area contributed by atoms with Gasteiger partial charge in [-0.2, -0.15) is 4.98 Å². The summed E-state index contributed by atoms with van der Waals surface area (Å²) < 4.78 is 6.27. The third-order valence-corrected chi connectivity index (χ3v) is 9.50. The van der Waals surface area contributed by atoms with Crippen LogP contribution in [0.25, 0.3) is 21.3 Å². The Hall–Kier alpha value is -4.06. The molecule has 0 unspecified atom stereocenters. The van der Waals surface area contributed by atoms with Gasteiger partial charge in [0.1, 0.15) is 0 Å². The third kappa shape index (κ3) is 6.80. The number of halogens is 1. The lowest BCUT2D eigenvalue weighted by Crippen LogP contribution is -2.40. The quantitative estimate of drug-likeness (QED) is 0.202. The van der Waals surface area contributed by atoms with Crippen molar-refractivity contribution in [3.05, 3.63) is 69.8 Å². The Bertz CT molecular complexity index is 1740. The highest BCUT2D eigenvalue weighted by atomic mass is 35.5. The van der Waals surface area contributed by atoms with Gasteiger partial charge in [0.05, 0.1) is 28.3 Å². The lowest BCUT2D eigenvalue weighted by Gasteiger charge is -2.34. The molecule has 1 atom stereocenters. The fourth-order valence-electron chi connectivity index (χ4n) is 5.90. The third-order valence-electron chi connectivity index (χ3n) is 8.22. The fourth-order valence-corrected chi connectivity index (χ4v) is 7.10. The van der Waals surface area contributed by atoms with Crippen molar-refractivity contribution >= 4 is 62.4 Å². The summed E-state index contributed by atoms with van der Waals surface area (Å²) in [5, 5.41) is 6.01. The second-order valence-electron chi connectivity index (χ2n) is 11.3. The van der Waals surface area contributed by atoms with Crippen LogP contribution < -0.4 is 20.4 Å². The average molecular weight is 647 g/mol. The van der Waals surface area contributed by atoms with Gasteiger partial charge in [-0.3, -0.25) is 14.4 Å². The normalized spacial score (nSPS) is 16.4. The molecule has 2 N–H and O–H groups in total. The summed E-state index contributed by atoms with van der Waals surface area (Å²) in [6.45, 7) is 7.16. The number of ether oxygens (including phenoxy) is 1. The van der Waals surface area contributed by atoms with Gasteiger partial charge >= 0.3 is 0 Å². The van der Waals surface area contributed by atoms with E-state index in [1.54, 1.807) is 13.0 Å². The molecular weight excluding hydrogens is 612 g/mol. The first-order valence-electron chi connectivity index (χ1n) is 15.2. The largest absolute Gasteiger partial charge is 0.378 e. The van der Waals surface area contributed by atoms with E-state index in [1.807, 2.05) is 41.3 Å². The van der Waals surface area contributed by atoms with Crippen LogP contribution in [-0.2, 0) is 16.0 Å². The molecule has 45 heavy (non-hydrogen) atoms. The number of carbonyl (C=O) groups is 3. The Morgan fingerprint density at radius 1 is 0.978 bits per heavy atom. The Morgan fingerprint density at radius 2 is 1.69 bits per heavy atom.